The SMILES string of the molecule is CC(O)c1ccc(C#N)cc1SC(C)C(C)C. The number of aliphatic hydroxyl groups excluding tert-OH is 1. The van der Waals surface area contributed by atoms with Crippen LogP contribution in [0.5, 0.6) is 0 Å². The predicted molar refractivity (Wildman–Crippen MR) is 71.9 cm³/mol. The molecule has 17 heavy (non-hydrogen) atoms. The van der Waals surface area contributed by atoms with E-state index in [0.29, 0.717) is 16.7 Å². The van der Waals surface area contributed by atoms with E-state index in [-0.39, 0.29) is 0 Å². The smallest absolute Gasteiger partial charge is 0.0992 e. The number of nitrogens with zero attached hydrogens (tertiary/aromatic N) is 1. The number of benzene rings is 1. The van der Waals surface area contributed by atoms with Crippen LogP contribution in [0.3, 0.4) is 0 Å². The van der Waals surface area contributed by atoms with Crippen molar-refractivity contribution < 1.29 is 5.11 Å². The molecule has 2 atom stereocenters. The lowest BCUT2D eigenvalue weighted by Crippen LogP contribution is -2.06. The predicted octanol–water partition coefficient (Wildman–Crippen LogP) is 3.75. The van der Waals surface area contributed by atoms with E-state index >= 15 is 0 Å². The molecular weight excluding hydrogens is 230 g/mol. The Morgan fingerprint density at radius 2 is 1.88 bits per heavy atom. The van der Waals surface area contributed by atoms with Crippen LogP contribution in [-0.2, 0) is 0 Å². The molecule has 3 heteroatoms. The molecule has 0 bridgehead atoms. The van der Waals surface area contributed by atoms with Gasteiger partial charge in [0.25, 0.3) is 0 Å². The van der Waals surface area contributed by atoms with Gasteiger partial charge in [-0.15, -0.1) is 11.8 Å². The first-order valence-electron chi connectivity index (χ1n) is 5.84. The topological polar surface area (TPSA) is 44.0 Å². The van der Waals surface area contributed by atoms with Crippen molar-refractivity contribution in [1.29, 1.82) is 5.26 Å². The van der Waals surface area contributed by atoms with Crippen molar-refractivity contribution in [3.63, 3.8) is 0 Å². The second-order valence-corrected chi connectivity index (χ2v) is 6.03. The first-order chi connectivity index (χ1) is 7.95. The fourth-order valence-electron chi connectivity index (χ4n) is 1.39. The third-order valence-corrected chi connectivity index (χ3v) is 4.37. The summed E-state index contributed by atoms with van der Waals surface area (Å²) in [5, 5.41) is 19.1. The van der Waals surface area contributed by atoms with Crippen LogP contribution >= 0.6 is 11.8 Å². The van der Waals surface area contributed by atoms with Crippen LogP contribution in [0.1, 0.15) is 44.9 Å². The molecule has 0 aliphatic carbocycles. The summed E-state index contributed by atoms with van der Waals surface area (Å²) in [5.74, 6) is 0.563. The molecule has 1 rings (SSSR count). The maximum absolute atomic E-state index is 9.72. The molecule has 92 valence electrons. The van der Waals surface area contributed by atoms with E-state index in [1.54, 1.807) is 24.8 Å². The van der Waals surface area contributed by atoms with Crippen LogP contribution < -0.4 is 0 Å². The van der Waals surface area contributed by atoms with Gasteiger partial charge in [0.1, 0.15) is 0 Å². The molecule has 0 saturated carbocycles. The highest BCUT2D eigenvalue weighted by molar-refractivity contribution is 8.00. The van der Waals surface area contributed by atoms with E-state index in [1.807, 2.05) is 12.1 Å². The van der Waals surface area contributed by atoms with Crippen molar-refractivity contribution in [1.82, 2.24) is 0 Å². The van der Waals surface area contributed by atoms with Crippen LogP contribution in [0.2, 0.25) is 0 Å². The summed E-state index contributed by atoms with van der Waals surface area (Å²) in [5.41, 5.74) is 1.55. The molecule has 0 amide bonds. The minimum Gasteiger partial charge on any atom is -0.389 e. The average molecular weight is 249 g/mol. The fraction of sp³-hybridized carbons (Fsp3) is 0.500. The molecule has 0 fully saturated rings. The summed E-state index contributed by atoms with van der Waals surface area (Å²) in [7, 11) is 0. The lowest BCUT2D eigenvalue weighted by atomic mass is 10.1. The fourth-order valence-corrected chi connectivity index (χ4v) is 2.63. The molecule has 0 heterocycles. The molecule has 2 nitrogen and oxygen atoms in total. The lowest BCUT2D eigenvalue weighted by Gasteiger charge is -2.18. The summed E-state index contributed by atoms with van der Waals surface area (Å²) in [4.78, 5) is 1.01. The molecule has 0 spiro atoms. The van der Waals surface area contributed by atoms with E-state index in [4.69, 9.17) is 5.26 Å². The lowest BCUT2D eigenvalue weighted by molar-refractivity contribution is 0.196. The maximum Gasteiger partial charge on any atom is 0.0992 e. The van der Waals surface area contributed by atoms with Gasteiger partial charge in [0.05, 0.1) is 17.7 Å². The first kappa shape index (κ1) is 14.1. The third kappa shape index (κ3) is 3.76. The molecule has 2 unspecified atom stereocenters. The van der Waals surface area contributed by atoms with Gasteiger partial charge in [-0.05, 0) is 30.5 Å². The number of nitriles is 1. The van der Waals surface area contributed by atoms with Crippen molar-refractivity contribution in [2.45, 2.75) is 43.9 Å². The summed E-state index contributed by atoms with van der Waals surface area (Å²) < 4.78 is 0. The second kappa shape index (κ2) is 6.09. The Bertz CT molecular complexity index is 421. The van der Waals surface area contributed by atoms with Crippen LogP contribution in [0.15, 0.2) is 23.1 Å². The Labute approximate surface area is 108 Å². The Morgan fingerprint density at radius 1 is 1.24 bits per heavy atom. The molecule has 1 aromatic rings. The molecule has 0 saturated heterocycles. The van der Waals surface area contributed by atoms with Gasteiger partial charge in [0.15, 0.2) is 0 Å². The quantitative estimate of drug-likeness (QED) is 0.826. The molecule has 0 aliphatic heterocycles. The van der Waals surface area contributed by atoms with E-state index in [1.165, 1.54) is 0 Å². The van der Waals surface area contributed by atoms with Gasteiger partial charge < -0.3 is 5.11 Å². The molecule has 0 aliphatic rings. The Balaban J connectivity index is 3.06. The van der Waals surface area contributed by atoms with Crippen molar-refractivity contribution >= 4 is 11.8 Å². The minimum atomic E-state index is -0.496. The van der Waals surface area contributed by atoms with E-state index < -0.39 is 6.10 Å². The zero-order chi connectivity index (χ0) is 13.0. The minimum absolute atomic E-state index is 0.460. The number of rotatable bonds is 4. The number of aliphatic hydroxyl groups is 1. The van der Waals surface area contributed by atoms with Gasteiger partial charge in [-0.2, -0.15) is 5.26 Å². The maximum atomic E-state index is 9.72. The Kier molecular flexibility index (Phi) is 5.04. The van der Waals surface area contributed by atoms with Gasteiger partial charge in [-0.25, -0.2) is 0 Å². The first-order valence-corrected chi connectivity index (χ1v) is 6.72. The number of thioether (sulfide) groups is 1. The van der Waals surface area contributed by atoms with Gasteiger partial charge in [-0.1, -0.05) is 26.8 Å². The van der Waals surface area contributed by atoms with Crippen LogP contribution in [0, 0.1) is 17.2 Å². The van der Waals surface area contributed by atoms with Crippen LogP contribution in [-0.4, -0.2) is 10.4 Å². The van der Waals surface area contributed by atoms with E-state index in [0.717, 1.165) is 10.5 Å². The van der Waals surface area contributed by atoms with Crippen molar-refractivity contribution in [2.75, 3.05) is 0 Å². The average Bonchev–Trinajstić information content (AvgIpc) is 2.28. The van der Waals surface area contributed by atoms with Crippen molar-refractivity contribution in [3.8, 4) is 6.07 Å². The van der Waals surface area contributed by atoms with Crippen molar-refractivity contribution in [2.24, 2.45) is 5.92 Å². The largest absolute Gasteiger partial charge is 0.389 e. The van der Waals surface area contributed by atoms with E-state index in [2.05, 4.69) is 26.8 Å². The zero-order valence-electron chi connectivity index (χ0n) is 10.8. The van der Waals surface area contributed by atoms with Gasteiger partial charge >= 0.3 is 0 Å². The van der Waals surface area contributed by atoms with E-state index in [9.17, 15) is 5.11 Å². The Hall–Kier alpha value is -0.980. The third-order valence-electron chi connectivity index (χ3n) is 2.84. The van der Waals surface area contributed by atoms with Crippen LogP contribution in [0.4, 0.5) is 0 Å². The number of hydrogen-bond acceptors (Lipinski definition) is 3. The monoisotopic (exact) mass is 249 g/mol. The van der Waals surface area contributed by atoms with Gasteiger partial charge in [0.2, 0.25) is 0 Å². The van der Waals surface area contributed by atoms with Crippen molar-refractivity contribution in [3.05, 3.63) is 29.3 Å². The van der Waals surface area contributed by atoms with Gasteiger partial charge in [0, 0.05) is 10.1 Å². The summed E-state index contributed by atoms with van der Waals surface area (Å²) in [6.07, 6.45) is -0.496. The summed E-state index contributed by atoms with van der Waals surface area (Å²) in [6.45, 7) is 8.27. The molecule has 1 N–H and O–H groups in total. The van der Waals surface area contributed by atoms with Gasteiger partial charge in [-0.3, -0.25) is 0 Å². The molecular formula is C14H19NOS. The molecule has 0 radical (unpaired) electrons. The Morgan fingerprint density at radius 3 is 2.35 bits per heavy atom. The summed E-state index contributed by atoms with van der Waals surface area (Å²) >= 11 is 1.73. The highest BCUT2D eigenvalue weighted by Crippen LogP contribution is 2.33. The zero-order valence-corrected chi connectivity index (χ0v) is 11.6. The highest BCUT2D eigenvalue weighted by atomic mass is 32.2. The standard InChI is InChI=1S/C14H19NOS/c1-9(2)11(4)17-14-7-12(8-15)5-6-13(14)10(3)16/h5-7,9-11,16H,1-4H3. The molecule has 1 aromatic carbocycles. The normalized spacial score (nSPS) is 14.4. The van der Waals surface area contributed by atoms with Crippen LogP contribution in [0.25, 0.3) is 0 Å². The number of hydrogen-bond donors (Lipinski definition) is 1. The second-order valence-electron chi connectivity index (χ2n) is 4.61. The summed E-state index contributed by atoms with van der Waals surface area (Å²) in [6, 6.07) is 7.61. The highest BCUT2D eigenvalue weighted by Gasteiger charge is 2.14. The molecule has 0 aromatic heterocycles.